The van der Waals surface area contributed by atoms with E-state index in [2.05, 4.69) is 76.3 Å². The molecule has 7 rings (SSSR count). The Balaban J connectivity index is 1.47. The van der Waals surface area contributed by atoms with Gasteiger partial charge in [0.25, 0.3) is 0 Å². The molecule has 0 aliphatic heterocycles. The summed E-state index contributed by atoms with van der Waals surface area (Å²) >= 11 is 0. The van der Waals surface area contributed by atoms with E-state index in [4.69, 9.17) is 4.98 Å². The van der Waals surface area contributed by atoms with Crippen LogP contribution in [0.15, 0.2) is 146 Å². The fraction of sp³-hybridized carbons (Fsp3) is 0. The maximum Gasteiger partial charge on any atom is 0.149 e. The van der Waals surface area contributed by atoms with E-state index in [1.165, 1.54) is 0 Å². The fourth-order valence-electron chi connectivity index (χ4n) is 5.26. The second-order valence-electron chi connectivity index (χ2n) is 9.67. The van der Waals surface area contributed by atoms with E-state index in [0.29, 0.717) is 11.4 Å². The lowest BCUT2D eigenvalue weighted by Crippen LogP contribution is -1.97. The van der Waals surface area contributed by atoms with Gasteiger partial charge in [-0.2, -0.15) is 0 Å². The zero-order valence-corrected chi connectivity index (χ0v) is 21.6. The Hall–Kier alpha value is -5.48. The first kappa shape index (κ1) is 23.6. The molecule has 7 aromatic rings. The predicted molar refractivity (Wildman–Crippen MR) is 162 cm³/mol. The molecule has 5 aromatic carbocycles. The Morgan fingerprint density at radius 3 is 2.05 bits per heavy atom. The number of nitrogens with zero attached hydrogens (tertiary/aromatic N) is 3. The number of hydrogen-bond acceptors (Lipinski definition) is 3. The Labute approximate surface area is 232 Å². The normalized spacial score (nSPS) is 11.1. The van der Waals surface area contributed by atoms with Crippen molar-refractivity contribution in [3.63, 3.8) is 0 Å². The number of phenolic OH excluding ortho intramolecular Hbond substituents is 1. The number of pyridine rings is 1. The highest BCUT2D eigenvalue weighted by molar-refractivity contribution is 5.96. The van der Waals surface area contributed by atoms with Gasteiger partial charge in [0.2, 0.25) is 0 Å². The van der Waals surface area contributed by atoms with Crippen LogP contribution in [-0.4, -0.2) is 19.6 Å². The number of rotatable bonds is 5. The minimum Gasteiger partial charge on any atom is -0.507 e. The van der Waals surface area contributed by atoms with Crippen LogP contribution in [-0.2, 0) is 0 Å². The van der Waals surface area contributed by atoms with Crippen LogP contribution >= 0.6 is 0 Å². The van der Waals surface area contributed by atoms with Crippen molar-refractivity contribution in [2.45, 2.75) is 0 Å². The molecule has 0 bridgehead atoms. The zero-order chi connectivity index (χ0) is 26.9. The van der Waals surface area contributed by atoms with Crippen molar-refractivity contribution >= 4 is 11.0 Å². The number of imidazole rings is 1. The fourth-order valence-corrected chi connectivity index (χ4v) is 5.26. The lowest BCUT2D eigenvalue weighted by Gasteiger charge is -2.12. The molecule has 0 fully saturated rings. The van der Waals surface area contributed by atoms with Crippen LogP contribution in [0.1, 0.15) is 0 Å². The average molecular weight is 516 g/mol. The number of hydrogen-bond donors (Lipinski definition) is 1. The molecular weight excluding hydrogens is 490 g/mol. The monoisotopic (exact) mass is 515 g/mol. The molecular formula is C36H25N3O. The first-order valence-electron chi connectivity index (χ1n) is 13.2. The number of aromatic hydroxyl groups is 1. The van der Waals surface area contributed by atoms with Gasteiger partial charge in [-0.1, -0.05) is 91.0 Å². The number of para-hydroxylation sites is 2. The molecule has 190 valence electrons. The molecule has 4 heteroatoms. The maximum absolute atomic E-state index is 11.1. The summed E-state index contributed by atoms with van der Waals surface area (Å²) in [6, 6.07) is 46.7. The highest BCUT2D eigenvalue weighted by Gasteiger charge is 2.20. The first-order valence-corrected chi connectivity index (χ1v) is 13.2. The van der Waals surface area contributed by atoms with Crippen LogP contribution in [0.2, 0.25) is 0 Å². The smallest absolute Gasteiger partial charge is 0.149 e. The van der Waals surface area contributed by atoms with E-state index >= 15 is 0 Å². The molecule has 0 saturated carbocycles. The van der Waals surface area contributed by atoms with Crippen molar-refractivity contribution in [2.24, 2.45) is 0 Å². The van der Waals surface area contributed by atoms with Gasteiger partial charge in [0.1, 0.15) is 11.6 Å². The Kier molecular flexibility index (Phi) is 5.91. The van der Waals surface area contributed by atoms with Gasteiger partial charge in [-0.15, -0.1) is 0 Å². The first-order chi connectivity index (χ1) is 19.8. The van der Waals surface area contributed by atoms with Crippen molar-refractivity contribution in [1.82, 2.24) is 14.5 Å². The topological polar surface area (TPSA) is 50.9 Å². The molecule has 0 atom stereocenters. The molecule has 0 aliphatic carbocycles. The van der Waals surface area contributed by atoms with Crippen LogP contribution < -0.4 is 0 Å². The second-order valence-corrected chi connectivity index (χ2v) is 9.67. The van der Waals surface area contributed by atoms with E-state index in [-0.39, 0.29) is 5.75 Å². The van der Waals surface area contributed by atoms with Gasteiger partial charge in [-0.25, -0.2) is 4.98 Å². The summed E-state index contributed by atoms with van der Waals surface area (Å²) in [4.78, 5) is 9.76. The van der Waals surface area contributed by atoms with Crippen molar-refractivity contribution in [3.8, 4) is 56.3 Å². The van der Waals surface area contributed by atoms with E-state index in [9.17, 15) is 5.11 Å². The van der Waals surface area contributed by atoms with Gasteiger partial charge in [-0.05, 0) is 65.2 Å². The number of fused-ring (bicyclic) bond motifs is 1. The Morgan fingerprint density at radius 2 is 1.25 bits per heavy atom. The Morgan fingerprint density at radius 1 is 0.525 bits per heavy atom. The third kappa shape index (κ3) is 4.22. The highest BCUT2D eigenvalue weighted by Crippen LogP contribution is 2.39. The zero-order valence-electron chi connectivity index (χ0n) is 21.6. The van der Waals surface area contributed by atoms with Crippen LogP contribution in [0.5, 0.6) is 5.75 Å². The molecule has 40 heavy (non-hydrogen) atoms. The van der Waals surface area contributed by atoms with Crippen LogP contribution in [0.25, 0.3) is 61.6 Å². The summed E-state index contributed by atoms with van der Waals surface area (Å²) in [5.41, 5.74) is 9.63. The SMILES string of the molecule is Oc1ccc(-c2ccccc2)cc1-c1nc2c(-c3cccc(-c4ccccn4)c3)cccc2n1-c1ccccc1. The molecule has 0 amide bonds. The molecule has 4 nitrogen and oxygen atoms in total. The van der Waals surface area contributed by atoms with Gasteiger partial charge in [0.05, 0.1) is 22.3 Å². The van der Waals surface area contributed by atoms with Crippen molar-refractivity contribution in [1.29, 1.82) is 0 Å². The summed E-state index contributed by atoms with van der Waals surface area (Å²) in [5.74, 6) is 0.871. The van der Waals surface area contributed by atoms with Gasteiger partial charge in [0, 0.05) is 23.0 Å². The summed E-state index contributed by atoms with van der Waals surface area (Å²) in [7, 11) is 0. The van der Waals surface area contributed by atoms with E-state index in [0.717, 1.165) is 50.2 Å². The van der Waals surface area contributed by atoms with Gasteiger partial charge in [-0.3, -0.25) is 9.55 Å². The molecule has 0 spiro atoms. The minimum atomic E-state index is 0.186. The standard InChI is InChI=1S/C36H25N3O/c40-34-21-20-26(25-11-3-1-4-12-25)24-31(34)36-38-35-30(17-10-19-33(35)39(36)29-15-5-2-6-16-29)27-13-9-14-28(23-27)32-18-7-8-22-37-32/h1-24,40H. The lowest BCUT2D eigenvalue weighted by molar-refractivity contribution is 0.477. The predicted octanol–water partition coefficient (Wildman–Crippen LogP) is 8.79. The van der Waals surface area contributed by atoms with E-state index < -0.39 is 0 Å². The second kappa shape index (κ2) is 10.0. The third-order valence-corrected chi connectivity index (χ3v) is 7.18. The molecule has 2 heterocycles. The van der Waals surface area contributed by atoms with Crippen molar-refractivity contribution in [2.75, 3.05) is 0 Å². The quantitative estimate of drug-likeness (QED) is 0.249. The third-order valence-electron chi connectivity index (χ3n) is 7.18. The summed E-state index contributed by atoms with van der Waals surface area (Å²) < 4.78 is 2.13. The highest BCUT2D eigenvalue weighted by atomic mass is 16.3. The molecule has 2 aromatic heterocycles. The van der Waals surface area contributed by atoms with Gasteiger partial charge in [0.15, 0.2) is 0 Å². The van der Waals surface area contributed by atoms with Gasteiger partial charge >= 0.3 is 0 Å². The molecule has 0 aliphatic rings. The molecule has 0 unspecified atom stereocenters. The number of aromatic nitrogens is 3. The molecule has 1 N–H and O–H groups in total. The maximum atomic E-state index is 11.1. The van der Waals surface area contributed by atoms with E-state index in [1.807, 2.05) is 72.9 Å². The Bertz CT molecular complexity index is 1950. The number of phenols is 1. The van der Waals surface area contributed by atoms with Crippen LogP contribution in [0.3, 0.4) is 0 Å². The van der Waals surface area contributed by atoms with Crippen LogP contribution in [0, 0.1) is 0 Å². The summed E-state index contributed by atoms with van der Waals surface area (Å²) in [5, 5.41) is 11.1. The lowest BCUT2D eigenvalue weighted by atomic mass is 10.0. The number of benzene rings is 5. The molecule has 0 radical (unpaired) electrons. The van der Waals surface area contributed by atoms with Crippen molar-refractivity contribution in [3.05, 3.63) is 146 Å². The molecule has 0 saturated heterocycles. The van der Waals surface area contributed by atoms with E-state index in [1.54, 1.807) is 6.07 Å². The van der Waals surface area contributed by atoms with Crippen LogP contribution in [0.4, 0.5) is 0 Å². The van der Waals surface area contributed by atoms with Gasteiger partial charge < -0.3 is 5.11 Å². The van der Waals surface area contributed by atoms with Crippen molar-refractivity contribution < 1.29 is 5.11 Å². The summed E-state index contributed by atoms with van der Waals surface area (Å²) in [6.07, 6.45) is 1.81. The summed E-state index contributed by atoms with van der Waals surface area (Å²) in [6.45, 7) is 0. The minimum absolute atomic E-state index is 0.186. The average Bonchev–Trinajstić information content (AvgIpc) is 3.42. The largest absolute Gasteiger partial charge is 0.507 e.